The average Bonchev–Trinajstić information content (AvgIpc) is 2.38. The lowest BCUT2D eigenvalue weighted by molar-refractivity contribution is 0.0541. The zero-order valence-electron chi connectivity index (χ0n) is 11.4. The van der Waals surface area contributed by atoms with E-state index in [1.807, 2.05) is 18.7 Å². The van der Waals surface area contributed by atoms with E-state index in [2.05, 4.69) is 5.32 Å². The van der Waals surface area contributed by atoms with Crippen molar-refractivity contribution in [2.45, 2.75) is 25.9 Å². The number of rotatable bonds is 2. The summed E-state index contributed by atoms with van der Waals surface area (Å²) in [5.74, 6) is 0.535. The molecule has 1 aliphatic heterocycles. The summed E-state index contributed by atoms with van der Waals surface area (Å²) in [6.45, 7) is 5.69. The number of hydrogen-bond donors (Lipinski definition) is 1. The van der Waals surface area contributed by atoms with E-state index in [-0.39, 0.29) is 18.0 Å². The summed E-state index contributed by atoms with van der Waals surface area (Å²) >= 11 is 5.99. The van der Waals surface area contributed by atoms with E-state index in [4.69, 9.17) is 16.3 Å². The van der Waals surface area contributed by atoms with Crippen molar-refractivity contribution >= 4 is 17.5 Å². The van der Waals surface area contributed by atoms with Gasteiger partial charge in [0.05, 0.1) is 12.7 Å². The molecule has 19 heavy (non-hydrogen) atoms. The van der Waals surface area contributed by atoms with E-state index in [0.717, 1.165) is 13.1 Å². The van der Waals surface area contributed by atoms with Gasteiger partial charge >= 0.3 is 0 Å². The molecular weight excluding hydrogens is 264 g/mol. The van der Waals surface area contributed by atoms with Crippen LogP contribution in [0, 0.1) is 0 Å². The minimum absolute atomic E-state index is 0.0270. The maximum atomic E-state index is 12.7. The Morgan fingerprint density at radius 3 is 2.58 bits per heavy atom. The van der Waals surface area contributed by atoms with Gasteiger partial charge in [-0.25, -0.2) is 0 Å². The molecule has 5 heteroatoms. The van der Waals surface area contributed by atoms with Crippen LogP contribution in [-0.4, -0.2) is 43.1 Å². The molecule has 1 N–H and O–H groups in total. The van der Waals surface area contributed by atoms with Crippen molar-refractivity contribution < 1.29 is 9.53 Å². The third kappa shape index (κ3) is 2.85. The van der Waals surface area contributed by atoms with Gasteiger partial charge in [0.25, 0.3) is 5.91 Å². The van der Waals surface area contributed by atoms with E-state index < -0.39 is 0 Å². The summed E-state index contributed by atoms with van der Waals surface area (Å²) < 4.78 is 5.26. The van der Waals surface area contributed by atoms with Gasteiger partial charge in [-0.05, 0) is 32.0 Å². The van der Waals surface area contributed by atoms with Crippen LogP contribution in [0.25, 0.3) is 0 Å². The van der Waals surface area contributed by atoms with Gasteiger partial charge in [0.1, 0.15) is 5.75 Å². The molecule has 1 aromatic carbocycles. The smallest absolute Gasteiger partial charge is 0.258 e. The fourth-order valence-electron chi connectivity index (χ4n) is 2.52. The summed E-state index contributed by atoms with van der Waals surface area (Å²) in [6.07, 6.45) is 0. The Bertz CT molecular complexity index is 469. The number of amides is 1. The van der Waals surface area contributed by atoms with Crippen LogP contribution >= 0.6 is 11.6 Å². The molecule has 1 fully saturated rings. The second-order valence-electron chi connectivity index (χ2n) is 4.91. The van der Waals surface area contributed by atoms with Crippen LogP contribution in [0.2, 0.25) is 5.02 Å². The Labute approximate surface area is 118 Å². The molecule has 2 unspecified atom stereocenters. The standard InChI is InChI=1S/C14H19ClN2O2/c1-9-7-16-8-10(2)17(9)14(18)12-6-11(15)4-5-13(12)19-3/h4-6,9-10,16H,7-8H2,1-3H3. The second kappa shape index (κ2) is 5.80. The van der Waals surface area contributed by atoms with Crippen molar-refractivity contribution in [3.8, 4) is 5.75 Å². The Morgan fingerprint density at radius 1 is 1.37 bits per heavy atom. The molecule has 0 aromatic heterocycles. The summed E-state index contributed by atoms with van der Waals surface area (Å²) in [5.41, 5.74) is 0.524. The van der Waals surface area contributed by atoms with Gasteiger partial charge in [0, 0.05) is 30.2 Å². The van der Waals surface area contributed by atoms with Gasteiger partial charge in [-0.15, -0.1) is 0 Å². The van der Waals surface area contributed by atoms with Crippen molar-refractivity contribution in [2.24, 2.45) is 0 Å². The van der Waals surface area contributed by atoms with Crippen molar-refractivity contribution in [3.05, 3.63) is 28.8 Å². The first-order chi connectivity index (χ1) is 9.04. The van der Waals surface area contributed by atoms with E-state index in [0.29, 0.717) is 16.3 Å². The third-order valence-electron chi connectivity index (χ3n) is 3.46. The molecule has 0 bridgehead atoms. The Balaban J connectivity index is 2.35. The zero-order valence-corrected chi connectivity index (χ0v) is 12.2. The fourth-order valence-corrected chi connectivity index (χ4v) is 2.69. The summed E-state index contributed by atoms with van der Waals surface area (Å²) in [5, 5.41) is 3.85. The number of nitrogens with zero attached hydrogens (tertiary/aromatic N) is 1. The van der Waals surface area contributed by atoms with E-state index in [9.17, 15) is 4.79 Å². The largest absolute Gasteiger partial charge is 0.496 e. The first kappa shape index (κ1) is 14.2. The Kier molecular flexibility index (Phi) is 4.32. The van der Waals surface area contributed by atoms with Gasteiger partial charge in [-0.2, -0.15) is 0 Å². The minimum atomic E-state index is -0.0270. The SMILES string of the molecule is COc1ccc(Cl)cc1C(=O)N1C(C)CNCC1C. The maximum absolute atomic E-state index is 12.7. The molecular formula is C14H19ClN2O2. The lowest BCUT2D eigenvalue weighted by Gasteiger charge is -2.39. The molecule has 2 atom stereocenters. The van der Waals surface area contributed by atoms with E-state index in [1.165, 1.54) is 0 Å². The molecule has 2 rings (SSSR count). The molecule has 1 aromatic rings. The number of hydrogen-bond acceptors (Lipinski definition) is 3. The summed E-state index contributed by atoms with van der Waals surface area (Å²) in [6, 6.07) is 5.43. The monoisotopic (exact) mass is 282 g/mol. The normalized spacial score (nSPS) is 23.3. The average molecular weight is 283 g/mol. The number of methoxy groups -OCH3 is 1. The van der Waals surface area contributed by atoms with Crippen LogP contribution in [0.15, 0.2) is 18.2 Å². The number of piperazine rings is 1. The van der Waals surface area contributed by atoms with Crippen molar-refractivity contribution in [1.82, 2.24) is 10.2 Å². The number of carbonyl (C=O) groups excluding carboxylic acids is 1. The quantitative estimate of drug-likeness (QED) is 0.904. The number of halogens is 1. The van der Waals surface area contributed by atoms with Gasteiger partial charge in [-0.3, -0.25) is 4.79 Å². The number of carbonyl (C=O) groups is 1. The summed E-state index contributed by atoms with van der Waals surface area (Å²) in [7, 11) is 1.56. The highest BCUT2D eigenvalue weighted by molar-refractivity contribution is 6.31. The Hall–Kier alpha value is -1.26. The molecule has 4 nitrogen and oxygen atoms in total. The van der Waals surface area contributed by atoms with Gasteiger partial charge in [0.2, 0.25) is 0 Å². The van der Waals surface area contributed by atoms with Crippen molar-refractivity contribution in [1.29, 1.82) is 0 Å². The van der Waals surface area contributed by atoms with Gasteiger partial charge in [0.15, 0.2) is 0 Å². The first-order valence-electron chi connectivity index (χ1n) is 6.41. The van der Waals surface area contributed by atoms with E-state index in [1.54, 1.807) is 25.3 Å². The second-order valence-corrected chi connectivity index (χ2v) is 5.35. The van der Waals surface area contributed by atoms with Gasteiger partial charge < -0.3 is 15.0 Å². The highest BCUT2D eigenvalue weighted by atomic mass is 35.5. The number of ether oxygens (including phenoxy) is 1. The molecule has 1 saturated heterocycles. The number of benzene rings is 1. The minimum Gasteiger partial charge on any atom is -0.496 e. The molecule has 0 aliphatic carbocycles. The van der Waals surface area contributed by atoms with E-state index >= 15 is 0 Å². The molecule has 104 valence electrons. The zero-order chi connectivity index (χ0) is 14.0. The third-order valence-corrected chi connectivity index (χ3v) is 3.69. The van der Waals surface area contributed by atoms with Crippen LogP contribution in [0.3, 0.4) is 0 Å². The molecule has 1 aliphatic rings. The van der Waals surface area contributed by atoms with Crippen molar-refractivity contribution in [2.75, 3.05) is 20.2 Å². The molecule has 0 radical (unpaired) electrons. The fraction of sp³-hybridized carbons (Fsp3) is 0.500. The lowest BCUT2D eigenvalue weighted by Crippen LogP contribution is -2.57. The highest BCUT2D eigenvalue weighted by Crippen LogP contribution is 2.26. The Morgan fingerprint density at radius 2 is 2.00 bits per heavy atom. The van der Waals surface area contributed by atoms with Crippen molar-refractivity contribution in [3.63, 3.8) is 0 Å². The molecule has 0 spiro atoms. The van der Waals surface area contributed by atoms with Crippen LogP contribution in [0.4, 0.5) is 0 Å². The maximum Gasteiger partial charge on any atom is 0.258 e. The van der Waals surface area contributed by atoms with Crippen LogP contribution in [-0.2, 0) is 0 Å². The number of nitrogens with one attached hydrogen (secondary N) is 1. The highest BCUT2D eigenvalue weighted by Gasteiger charge is 2.31. The van der Waals surface area contributed by atoms with Crippen LogP contribution in [0.5, 0.6) is 5.75 Å². The predicted octanol–water partition coefficient (Wildman–Crippen LogP) is 2.17. The predicted molar refractivity (Wildman–Crippen MR) is 76.0 cm³/mol. The van der Waals surface area contributed by atoms with Gasteiger partial charge in [-0.1, -0.05) is 11.6 Å². The summed E-state index contributed by atoms with van der Waals surface area (Å²) in [4.78, 5) is 14.6. The topological polar surface area (TPSA) is 41.6 Å². The van der Waals surface area contributed by atoms with Crippen LogP contribution < -0.4 is 10.1 Å². The first-order valence-corrected chi connectivity index (χ1v) is 6.79. The lowest BCUT2D eigenvalue weighted by atomic mass is 10.1. The molecule has 0 saturated carbocycles. The molecule has 1 heterocycles. The van der Waals surface area contributed by atoms with Crippen LogP contribution in [0.1, 0.15) is 24.2 Å². The molecule has 1 amide bonds.